The summed E-state index contributed by atoms with van der Waals surface area (Å²) in [5.41, 5.74) is 1.52. The van der Waals surface area contributed by atoms with Crippen LogP contribution in [0, 0.1) is 5.82 Å². The third kappa shape index (κ3) is 4.32. The van der Waals surface area contributed by atoms with Gasteiger partial charge >= 0.3 is 0 Å². The lowest BCUT2D eigenvalue weighted by molar-refractivity contribution is -0.113. The highest BCUT2D eigenvalue weighted by atomic mass is 35.5. The first-order chi connectivity index (χ1) is 16.0. The Morgan fingerprint density at radius 2 is 1.82 bits per heavy atom. The molecule has 0 bridgehead atoms. The van der Waals surface area contributed by atoms with Gasteiger partial charge < -0.3 is 4.74 Å². The van der Waals surface area contributed by atoms with E-state index < -0.39 is 5.82 Å². The zero-order valence-electron chi connectivity index (χ0n) is 16.7. The van der Waals surface area contributed by atoms with Crippen molar-refractivity contribution in [2.75, 3.05) is 4.90 Å². The third-order valence-corrected chi connectivity index (χ3v) is 6.36. The molecule has 9 heteroatoms. The van der Waals surface area contributed by atoms with Gasteiger partial charge in [-0.2, -0.15) is 9.37 Å². The summed E-state index contributed by atoms with van der Waals surface area (Å²) in [6.45, 7) is 0. The van der Waals surface area contributed by atoms with Crippen LogP contribution >= 0.6 is 35.6 Å². The van der Waals surface area contributed by atoms with Crippen LogP contribution in [0.15, 0.2) is 77.8 Å². The first kappa shape index (κ1) is 21.5. The number of hydrogen-bond acceptors (Lipinski definition) is 6. The molecule has 0 atom stereocenters. The number of nitrogens with zero attached hydrogens (tertiary/aromatic N) is 3. The molecule has 1 saturated heterocycles. The molecule has 0 unspecified atom stereocenters. The van der Waals surface area contributed by atoms with Crippen LogP contribution in [-0.4, -0.2) is 20.2 Å². The Morgan fingerprint density at radius 3 is 2.64 bits per heavy atom. The molecule has 1 fully saturated rings. The smallest absolute Gasteiger partial charge is 0.270 e. The maximum atomic E-state index is 13.8. The van der Waals surface area contributed by atoms with E-state index in [2.05, 4.69) is 9.97 Å². The lowest BCUT2D eigenvalue weighted by atomic mass is 10.1. The van der Waals surface area contributed by atoms with E-state index in [-0.39, 0.29) is 17.1 Å². The fourth-order valence-electron chi connectivity index (χ4n) is 3.38. The van der Waals surface area contributed by atoms with Gasteiger partial charge in [0.05, 0.1) is 16.8 Å². The first-order valence-corrected chi connectivity index (χ1v) is 11.3. The van der Waals surface area contributed by atoms with Crippen molar-refractivity contribution >= 4 is 68.3 Å². The molecule has 1 aliphatic heterocycles. The molecule has 1 amide bonds. The number of carbonyl (C=O) groups is 1. The number of aromatic nitrogens is 2. The average Bonchev–Trinajstić information content (AvgIpc) is 3.09. The number of fused-ring (bicyclic) bond motifs is 1. The minimum absolute atomic E-state index is 0.115. The minimum atomic E-state index is -0.722. The van der Waals surface area contributed by atoms with Crippen molar-refractivity contribution in [2.24, 2.45) is 0 Å². The van der Waals surface area contributed by atoms with Gasteiger partial charge in [0, 0.05) is 5.39 Å². The summed E-state index contributed by atoms with van der Waals surface area (Å²) in [5, 5.41) is 1.87. The van der Waals surface area contributed by atoms with Gasteiger partial charge in [-0.05, 0) is 46.8 Å². The molecule has 5 nitrogen and oxygen atoms in total. The molecule has 0 saturated carbocycles. The second-order valence-corrected chi connectivity index (χ2v) is 8.99. The van der Waals surface area contributed by atoms with Crippen molar-refractivity contribution in [1.82, 2.24) is 9.97 Å². The number of carbonyl (C=O) groups excluding carboxylic acids is 1. The normalized spacial score (nSPS) is 15.0. The molecule has 2 heterocycles. The molecule has 0 spiro atoms. The number of ether oxygens (including phenoxy) is 1. The van der Waals surface area contributed by atoms with E-state index in [0.717, 1.165) is 28.2 Å². The first-order valence-electron chi connectivity index (χ1n) is 9.71. The number of amides is 1. The van der Waals surface area contributed by atoms with E-state index in [4.69, 9.17) is 28.6 Å². The van der Waals surface area contributed by atoms with Gasteiger partial charge in [-0.15, -0.1) is 0 Å². The Bertz CT molecular complexity index is 1440. The number of benzene rings is 3. The number of thiocarbonyl (C=S) groups is 1. The van der Waals surface area contributed by atoms with Gasteiger partial charge in [0.1, 0.15) is 5.75 Å². The van der Waals surface area contributed by atoms with Gasteiger partial charge in [-0.1, -0.05) is 72.5 Å². The van der Waals surface area contributed by atoms with Crippen molar-refractivity contribution in [1.29, 1.82) is 0 Å². The van der Waals surface area contributed by atoms with Crippen LogP contribution in [0.3, 0.4) is 0 Å². The molecule has 0 radical (unpaired) electrons. The zero-order chi connectivity index (χ0) is 22.9. The Hall–Kier alpha value is -3.33. The lowest BCUT2D eigenvalue weighted by Gasteiger charge is -2.17. The van der Waals surface area contributed by atoms with Crippen molar-refractivity contribution in [3.63, 3.8) is 0 Å². The molecule has 4 aromatic rings. The van der Waals surface area contributed by atoms with Crippen LogP contribution in [0.2, 0.25) is 5.28 Å². The summed E-state index contributed by atoms with van der Waals surface area (Å²) in [7, 11) is 0. The SMILES string of the molecule is O=C1C(=Cc2ccc(Oc3nc(Cl)ncc3F)cc2)SC(=S)N1c1cccc2ccccc12. The van der Waals surface area contributed by atoms with Gasteiger partial charge in [0.2, 0.25) is 11.1 Å². The van der Waals surface area contributed by atoms with Gasteiger partial charge in [0.15, 0.2) is 4.32 Å². The fourth-order valence-corrected chi connectivity index (χ4v) is 4.79. The average molecular weight is 494 g/mol. The zero-order valence-corrected chi connectivity index (χ0v) is 19.1. The highest BCUT2D eigenvalue weighted by Crippen LogP contribution is 2.39. The highest BCUT2D eigenvalue weighted by Gasteiger charge is 2.34. The molecular weight excluding hydrogens is 481 g/mol. The summed E-state index contributed by atoms with van der Waals surface area (Å²) < 4.78 is 19.7. The van der Waals surface area contributed by atoms with Crippen molar-refractivity contribution in [3.8, 4) is 11.6 Å². The number of thioether (sulfide) groups is 1. The van der Waals surface area contributed by atoms with E-state index in [1.165, 1.54) is 11.8 Å². The number of rotatable bonds is 4. The molecular formula is C24H13ClFN3O2S2. The van der Waals surface area contributed by atoms with Crippen molar-refractivity contribution in [2.45, 2.75) is 0 Å². The number of anilines is 1. The fraction of sp³-hybridized carbons (Fsp3) is 0. The quantitative estimate of drug-likeness (QED) is 0.181. The molecule has 162 valence electrons. The van der Waals surface area contributed by atoms with Gasteiger partial charge in [0.25, 0.3) is 11.8 Å². The van der Waals surface area contributed by atoms with E-state index in [0.29, 0.717) is 15.0 Å². The monoisotopic (exact) mass is 493 g/mol. The maximum Gasteiger partial charge on any atom is 0.270 e. The highest BCUT2D eigenvalue weighted by molar-refractivity contribution is 8.27. The molecule has 0 aliphatic carbocycles. The number of halogens is 2. The van der Waals surface area contributed by atoms with Crippen LogP contribution in [0.25, 0.3) is 16.8 Å². The Labute approximate surface area is 202 Å². The van der Waals surface area contributed by atoms with Crippen LogP contribution in [0.1, 0.15) is 5.56 Å². The summed E-state index contributed by atoms with van der Waals surface area (Å²) in [4.78, 5) is 22.6. The summed E-state index contributed by atoms with van der Waals surface area (Å²) in [5.74, 6) is -0.803. The molecule has 3 aromatic carbocycles. The van der Waals surface area contributed by atoms with Crippen LogP contribution in [-0.2, 0) is 4.79 Å². The molecule has 1 aromatic heterocycles. The van der Waals surface area contributed by atoms with Crippen molar-refractivity contribution < 1.29 is 13.9 Å². The van der Waals surface area contributed by atoms with E-state index in [1.54, 1.807) is 35.2 Å². The third-order valence-electron chi connectivity index (χ3n) is 4.88. The second-order valence-electron chi connectivity index (χ2n) is 6.98. The number of hydrogen-bond donors (Lipinski definition) is 0. The Balaban J connectivity index is 1.39. The van der Waals surface area contributed by atoms with E-state index >= 15 is 0 Å². The van der Waals surface area contributed by atoms with Crippen LogP contribution in [0.4, 0.5) is 10.1 Å². The Morgan fingerprint density at radius 1 is 1.06 bits per heavy atom. The van der Waals surface area contributed by atoms with Gasteiger partial charge in [-0.3, -0.25) is 9.69 Å². The van der Waals surface area contributed by atoms with Gasteiger partial charge in [-0.25, -0.2) is 4.98 Å². The Kier molecular flexibility index (Phi) is 5.80. The van der Waals surface area contributed by atoms with Crippen LogP contribution in [0.5, 0.6) is 11.6 Å². The second kappa shape index (κ2) is 8.90. The molecule has 1 aliphatic rings. The predicted octanol–water partition coefficient (Wildman–Crippen LogP) is 6.62. The van der Waals surface area contributed by atoms with E-state index in [9.17, 15) is 9.18 Å². The van der Waals surface area contributed by atoms with E-state index in [1.807, 2.05) is 42.5 Å². The van der Waals surface area contributed by atoms with Crippen molar-refractivity contribution in [3.05, 3.63) is 94.5 Å². The lowest BCUT2D eigenvalue weighted by Crippen LogP contribution is -2.27. The summed E-state index contributed by atoms with van der Waals surface area (Å²) in [6, 6.07) is 20.4. The standard InChI is InChI=1S/C24H13ClFN3O2S2/c25-23-27-13-18(26)21(28-23)31-16-10-8-14(9-11-16)12-20-22(30)29(24(32)33-20)19-7-3-5-15-4-1-2-6-17(15)19/h1-13H. The minimum Gasteiger partial charge on any atom is -0.436 e. The molecule has 0 N–H and O–H groups in total. The summed E-state index contributed by atoms with van der Waals surface area (Å²) in [6.07, 6.45) is 2.70. The van der Waals surface area contributed by atoms with Crippen LogP contribution < -0.4 is 9.64 Å². The molecule has 33 heavy (non-hydrogen) atoms. The predicted molar refractivity (Wildman–Crippen MR) is 133 cm³/mol. The largest absolute Gasteiger partial charge is 0.436 e. The maximum absolute atomic E-state index is 13.8. The molecule has 5 rings (SSSR count). The summed E-state index contributed by atoms with van der Waals surface area (Å²) >= 11 is 12.5. The topological polar surface area (TPSA) is 55.3 Å².